The summed E-state index contributed by atoms with van der Waals surface area (Å²) in [5, 5.41) is 14.6. The van der Waals surface area contributed by atoms with Crippen molar-refractivity contribution in [2.24, 2.45) is 5.92 Å². The number of rotatable bonds is 5. The Morgan fingerprint density at radius 2 is 2.13 bits per heavy atom. The molecule has 0 spiro atoms. The average Bonchev–Trinajstić information content (AvgIpc) is 2.55. The number of amides is 2. The highest BCUT2D eigenvalue weighted by molar-refractivity contribution is 5.91. The molecule has 0 bridgehead atoms. The summed E-state index contributed by atoms with van der Waals surface area (Å²) in [6, 6.07) is 3.50. The van der Waals surface area contributed by atoms with Gasteiger partial charge in [0.15, 0.2) is 0 Å². The molecule has 23 heavy (non-hydrogen) atoms. The van der Waals surface area contributed by atoms with E-state index in [1.165, 1.54) is 18.2 Å². The van der Waals surface area contributed by atoms with Gasteiger partial charge in [-0.15, -0.1) is 6.42 Å². The van der Waals surface area contributed by atoms with Gasteiger partial charge in [0.1, 0.15) is 18.2 Å². The molecule has 1 aromatic rings. The molecule has 0 atom stereocenters. The summed E-state index contributed by atoms with van der Waals surface area (Å²) in [5.74, 6) is 2.49. The molecular formula is C17H21FN2O3. The summed E-state index contributed by atoms with van der Waals surface area (Å²) >= 11 is 0. The first-order valence-electron chi connectivity index (χ1n) is 7.66. The minimum atomic E-state index is -0.475. The van der Waals surface area contributed by atoms with Crippen LogP contribution in [0.15, 0.2) is 18.2 Å². The molecule has 2 rings (SSSR count). The molecule has 0 aliphatic heterocycles. The van der Waals surface area contributed by atoms with Crippen LogP contribution in [0.1, 0.15) is 25.7 Å². The van der Waals surface area contributed by atoms with Gasteiger partial charge in [-0.3, -0.25) is 0 Å². The van der Waals surface area contributed by atoms with E-state index in [0.29, 0.717) is 11.7 Å². The molecule has 3 N–H and O–H groups in total. The third-order valence-corrected chi connectivity index (χ3v) is 3.94. The molecule has 124 valence electrons. The van der Waals surface area contributed by atoms with Gasteiger partial charge >= 0.3 is 6.03 Å². The number of carbonyl (C=O) groups is 1. The summed E-state index contributed by atoms with van der Waals surface area (Å²) in [6.07, 6.45) is 8.55. The third-order valence-electron chi connectivity index (χ3n) is 3.94. The van der Waals surface area contributed by atoms with Gasteiger partial charge in [0.25, 0.3) is 0 Å². The smallest absolute Gasteiger partial charge is 0.319 e. The van der Waals surface area contributed by atoms with Gasteiger partial charge < -0.3 is 20.5 Å². The number of urea groups is 1. The van der Waals surface area contributed by atoms with Crippen LogP contribution in [0.3, 0.4) is 0 Å². The molecule has 1 fully saturated rings. The fraction of sp³-hybridized carbons (Fsp3) is 0.471. The van der Waals surface area contributed by atoms with Gasteiger partial charge in [0, 0.05) is 18.7 Å². The normalized spacial score (nSPS) is 20.4. The molecule has 2 amide bonds. The molecule has 0 aromatic heterocycles. The maximum Gasteiger partial charge on any atom is 0.319 e. The van der Waals surface area contributed by atoms with Crippen LogP contribution in [-0.4, -0.2) is 30.4 Å². The van der Waals surface area contributed by atoms with Crippen molar-refractivity contribution >= 4 is 11.7 Å². The molecular weight excluding hydrogens is 299 g/mol. The van der Waals surface area contributed by atoms with Crippen molar-refractivity contribution in [1.82, 2.24) is 5.32 Å². The number of nitrogens with one attached hydrogen (secondary N) is 2. The summed E-state index contributed by atoms with van der Waals surface area (Å²) in [5.41, 5.74) is 0.238. The minimum absolute atomic E-state index is 0.0348. The molecule has 1 saturated carbocycles. The lowest BCUT2D eigenvalue weighted by Gasteiger charge is -2.28. The number of terminal acetylenes is 1. The predicted molar refractivity (Wildman–Crippen MR) is 85.7 cm³/mol. The minimum Gasteiger partial charge on any atom is -0.479 e. The summed E-state index contributed by atoms with van der Waals surface area (Å²) in [4.78, 5) is 12.1. The zero-order valence-electron chi connectivity index (χ0n) is 12.8. The number of halogens is 1. The number of hydrogen-bond donors (Lipinski definition) is 3. The Morgan fingerprint density at radius 1 is 1.39 bits per heavy atom. The van der Waals surface area contributed by atoms with E-state index < -0.39 is 11.8 Å². The van der Waals surface area contributed by atoms with E-state index in [-0.39, 0.29) is 24.9 Å². The van der Waals surface area contributed by atoms with E-state index in [0.717, 1.165) is 25.7 Å². The average molecular weight is 320 g/mol. The van der Waals surface area contributed by atoms with Crippen LogP contribution in [-0.2, 0) is 0 Å². The Bertz CT molecular complexity index is 578. The molecule has 0 saturated heterocycles. The second-order valence-electron chi connectivity index (χ2n) is 5.63. The Kier molecular flexibility index (Phi) is 6.24. The van der Waals surface area contributed by atoms with Gasteiger partial charge in [-0.2, -0.15) is 0 Å². The van der Waals surface area contributed by atoms with E-state index in [9.17, 15) is 9.18 Å². The summed E-state index contributed by atoms with van der Waals surface area (Å²) in [6.45, 7) is 0.227. The fourth-order valence-corrected chi connectivity index (χ4v) is 2.68. The van der Waals surface area contributed by atoms with Gasteiger partial charge in [0.2, 0.25) is 0 Å². The molecule has 6 heteroatoms. The molecule has 1 aliphatic rings. The lowest BCUT2D eigenvalue weighted by Crippen LogP contribution is -2.40. The number of benzene rings is 1. The molecule has 0 radical (unpaired) electrons. The van der Waals surface area contributed by atoms with Crippen molar-refractivity contribution < 1.29 is 19.0 Å². The van der Waals surface area contributed by atoms with E-state index in [1.54, 1.807) is 0 Å². The third kappa shape index (κ3) is 5.15. The highest BCUT2D eigenvalue weighted by atomic mass is 19.1. The Morgan fingerprint density at radius 3 is 2.78 bits per heavy atom. The monoisotopic (exact) mass is 320 g/mol. The fourth-order valence-electron chi connectivity index (χ4n) is 2.68. The highest BCUT2D eigenvalue weighted by Gasteiger charge is 2.22. The first-order valence-corrected chi connectivity index (χ1v) is 7.66. The zero-order valence-corrected chi connectivity index (χ0v) is 12.8. The SMILES string of the molecule is C#CCOc1ccc(F)cc1NC(=O)NC1CCC(CO)CC1. The van der Waals surface area contributed by atoms with Crippen molar-refractivity contribution in [1.29, 1.82) is 0 Å². The molecule has 1 aliphatic carbocycles. The second kappa shape index (κ2) is 8.39. The summed E-state index contributed by atoms with van der Waals surface area (Å²) in [7, 11) is 0. The Balaban J connectivity index is 1.92. The largest absolute Gasteiger partial charge is 0.479 e. The maximum atomic E-state index is 13.4. The van der Waals surface area contributed by atoms with Crippen molar-refractivity contribution in [3.63, 3.8) is 0 Å². The van der Waals surface area contributed by atoms with Gasteiger partial charge in [-0.1, -0.05) is 5.92 Å². The predicted octanol–water partition coefficient (Wildman–Crippen LogP) is 2.51. The van der Waals surface area contributed by atoms with E-state index in [4.69, 9.17) is 16.3 Å². The topological polar surface area (TPSA) is 70.6 Å². The van der Waals surface area contributed by atoms with Crippen LogP contribution in [0, 0.1) is 24.1 Å². The van der Waals surface area contributed by atoms with Crippen molar-refractivity contribution in [2.75, 3.05) is 18.5 Å². The number of anilines is 1. The molecule has 0 unspecified atom stereocenters. The van der Waals surface area contributed by atoms with Crippen molar-refractivity contribution in [2.45, 2.75) is 31.7 Å². The molecule has 0 heterocycles. The highest BCUT2D eigenvalue weighted by Crippen LogP contribution is 2.26. The first kappa shape index (κ1) is 17.1. The van der Waals surface area contributed by atoms with Gasteiger partial charge in [0.05, 0.1) is 5.69 Å². The molecule has 1 aromatic carbocycles. The quantitative estimate of drug-likeness (QED) is 0.730. The Hall–Kier alpha value is -2.26. The van der Waals surface area contributed by atoms with Crippen molar-refractivity contribution in [3.05, 3.63) is 24.0 Å². The first-order chi connectivity index (χ1) is 11.1. The lowest BCUT2D eigenvalue weighted by atomic mass is 9.87. The number of aliphatic hydroxyl groups is 1. The molecule has 5 nitrogen and oxygen atoms in total. The van der Waals surface area contributed by atoms with Gasteiger partial charge in [-0.05, 0) is 43.7 Å². The number of ether oxygens (including phenoxy) is 1. The number of carbonyl (C=O) groups excluding carboxylic acids is 1. The zero-order chi connectivity index (χ0) is 16.7. The summed E-state index contributed by atoms with van der Waals surface area (Å²) < 4.78 is 18.7. The van der Waals surface area contributed by atoms with Crippen LogP contribution in [0.4, 0.5) is 14.9 Å². The second-order valence-corrected chi connectivity index (χ2v) is 5.63. The van der Waals surface area contributed by atoms with Crippen LogP contribution in [0.2, 0.25) is 0 Å². The number of aliphatic hydroxyl groups excluding tert-OH is 1. The van der Waals surface area contributed by atoms with Gasteiger partial charge in [-0.25, -0.2) is 9.18 Å². The van der Waals surface area contributed by atoms with Crippen molar-refractivity contribution in [3.8, 4) is 18.1 Å². The van der Waals surface area contributed by atoms with Crippen LogP contribution in [0.5, 0.6) is 5.75 Å². The maximum absolute atomic E-state index is 13.4. The van der Waals surface area contributed by atoms with Crippen LogP contribution in [0.25, 0.3) is 0 Å². The number of hydrogen-bond acceptors (Lipinski definition) is 3. The van der Waals surface area contributed by atoms with E-state index in [2.05, 4.69) is 16.6 Å². The Labute approximate surface area is 135 Å². The standard InChI is InChI=1S/C17H21FN2O3/c1-2-9-23-16-8-5-13(18)10-15(16)20-17(22)19-14-6-3-12(11-21)4-7-14/h1,5,8,10,12,14,21H,3-4,6-7,9,11H2,(H2,19,20,22). The van der Waals surface area contributed by atoms with Crippen LogP contribution < -0.4 is 15.4 Å². The van der Waals surface area contributed by atoms with E-state index in [1.807, 2.05) is 0 Å². The van der Waals surface area contributed by atoms with Crippen LogP contribution >= 0.6 is 0 Å². The lowest BCUT2D eigenvalue weighted by molar-refractivity contribution is 0.176. The van der Waals surface area contributed by atoms with E-state index >= 15 is 0 Å².